The second-order valence-electron chi connectivity index (χ2n) is 4.81. The van der Waals surface area contributed by atoms with Crippen LogP contribution in [-0.2, 0) is 9.31 Å². The highest BCUT2D eigenvalue weighted by Gasteiger charge is 2.52. The third-order valence-corrected chi connectivity index (χ3v) is 4.14. The van der Waals surface area contributed by atoms with Gasteiger partial charge < -0.3 is 14.0 Å². The van der Waals surface area contributed by atoms with Gasteiger partial charge in [0.25, 0.3) is 0 Å². The maximum atomic E-state index is 5.88. The van der Waals surface area contributed by atoms with Crippen molar-refractivity contribution in [2.75, 3.05) is 7.11 Å². The quantitative estimate of drug-likeness (QED) is 0.735. The molecule has 0 aromatic carbocycles. The first-order valence-electron chi connectivity index (χ1n) is 5.21. The van der Waals surface area contributed by atoms with Crippen LogP contribution >= 0.6 is 11.3 Å². The largest absolute Gasteiger partial charge is 0.525 e. The van der Waals surface area contributed by atoms with Crippen molar-refractivity contribution < 1.29 is 14.0 Å². The predicted molar refractivity (Wildman–Crippen MR) is 64.4 cm³/mol. The van der Waals surface area contributed by atoms with Crippen LogP contribution in [0.15, 0.2) is 6.20 Å². The minimum absolute atomic E-state index is 0.323. The first-order valence-corrected chi connectivity index (χ1v) is 6.03. The predicted octanol–water partition coefficient (Wildman–Crippen LogP) is 1.45. The molecule has 0 saturated carbocycles. The molecule has 0 amide bonds. The molecule has 1 aliphatic heterocycles. The average Bonchev–Trinajstić information content (AvgIpc) is 2.70. The van der Waals surface area contributed by atoms with Crippen molar-refractivity contribution in [2.24, 2.45) is 0 Å². The lowest BCUT2D eigenvalue weighted by atomic mass is 9.90. The lowest BCUT2D eigenvalue weighted by Gasteiger charge is -2.32. The highest BCUT2D eigenvalue weighted by atomic mass is 32.1. The van der Waals surface area contributed by atoms with Crippen LogP contribution in [0.3, 0.4) is 0 Å². The molecule has 0 unspecified atom stereocenters. The number of methoxy groups -OCH3 is 1. The minimum Gasteiger partial charge on any atom is -0.486 e. The molecule has 1 aromatic rings. The second-order valence-corrected chi connectivity index (χ2v) is 5.83. The summed E-state index contributed by atoms with van der Waals surface area (Å²) >= 11 is 1.45. The first-order chi connectivity index (χ1) is 7.36. The molecule has 2 rings (SSSR count). The fourth-order valence-electron chi connectivity index (χ4n) is 1.42. The molecule has 0 N–H and O–H groups in total. The van der Waals surface area contributed by atoms with Crippen LogP contribution in [0.5, 0.6) is 5.06 Å². The van der Waals surface area contributed by atoms with Crippen LogP contribution in [0, 0.1) is 0 Å². The van der Waals surface area contributed by atoms with Crippen LogP contribution in [0.1, 0.15) is 27.7 Å². The molecular weight excluding hydrogens is 225 g/mol. The Labute approximate surface area is 100 Å². The highest BCUT2D eigenvalue weighted by molar-refractivity contribution is 7.23. The molecular formula is C10H16BNO3S. The van der Waals surface area contributed by atoms with Crippen molar-refractivity contribution in [2.45, 2.75) is 38.9 Å². The minimum atomic E-state index is -0.390. The van der Waals surface area contributed by atoms with E-state index in [1.807, 2.05) is 27.7 Å². The van der Waals surface area contributed by atoms with Gasteiger partial charge in [-0.25, -0.2) is 4.98 Å². The van der Waals surface area contributed by atoms with Gasteiger partial charge in [-0.15, -0.1) is 0 Å². The Balaban J connectivity index is 2.20. The van der Waals surface area contributed by atoms with E-state index < -0.39 is 0 Å². The summed E-state index contributed by atoms with van der Waals surface area (Å²) in [5, 5.41) is 0.768. The molecule has 1 aliphatic rings. The molecule has 0 atom stereocenters. The van der Waals surface area contributed by atoms with Crippen LogP contribution < -0.4 is 9.64 Å². The summed E-state index contributed by atoms with van der Waals surface area (Å²) in [6, 6.07) is 0. The summed E-state index contributed by atoms with van der Waals surface area (Å²) in [7, 11) is 1.24. The Bertz CT molecular complexity index is 375. The first kappa shape index (κ1) is 11.9. The summed E-state index contributed by atoms with van der Waals surface area (Å²) in [6.45, 7) is 8.10. The molecule has 16 heavy (non-hydrogen) atoms. The van der Waals surface area contributed by atoms with E-state index in [0.717, 1.165) is 9.97 Å². The number of ether oxygens (including phenoxy) is 1. The van der Waals surface area contributed by atoms with Crippen molar-refractivity contribution in [1.82, 2.24) is 4.98 Å². The van der Waals surface area contributed by atoms with Crippen LogP contribution in [0.2, 0.25) is 0 Å². The van der Waals surface area contributed by atoms with Gasteiger partial charge in [0.15, 0.2) is 5.06 Å². The smallest absolute Gasteiger partial charge is 0.486 e. The molecule has 0 radical (unpaired) electrons. The van der Waals surface area contributed by atoms with Crippen LogP contribution in [0.4, 0.5) is 0 Å². The normalized spacial score (nSPS) is 22.4. The monoisotopic (exact) mass is 241 g/mol. The molecule has 1 saturated heterocycles. The van der Waals surface area contributed by atoms with Crippen molar-refractivity contribution in [3.63, 3.8) is 0 Å². The zero-order valence-corrected chi connectivity index (χ0v) is 11.1. The second kappa shape index (κ2) is 3.72. The van der Waals surface area contributed by atoms with E-state index in [1.165, 1.54) is 11.3 Å². The van der Waals surface area contributed by atoms with E-state index in [1.54, 1.807) is 13.3 Å². The summed E-state index contributed by atoms with van der Waals surface area (Å²) < 4.78 is 16.9. The Morgan fingerprint density at radius 1 is 1.25 bits per heavy atom. The Morgan fingerprint density at radius 2 is 1.81 bits per heavy atom. The van der Waals surface area contributed by atoms with Crippen molar-refractivity contribution >= 4 is 23.4 Å². The summed E-state index contributed by atoms with van der Waals surface area (Å²) in [6.07, 6.45) is 1.69. The molecule has 0 aliphatic carbocycles. The van der Waals surface area contributed by atoms with E-state index in [2.05, 4.69) is 4.98 Å². The molecule has 0 spiro atoms. The Morgan fingerprint density at radius 3 is 2.25 bits per heavy atom. The van der Waals surface area contributed by atoms with Gasteiger partial charge in [0.2, 0.25) is 0 Å². The van der Waals surface area contributed by atoms with E-state index in [9.17, 15) is 0 Å². The van der Waals surface area contributed by atoms with Gasteiger partial charge in [-0.3, -0.25) is 0 Å². The van der Waals surface area contributed by atoms with E-state index in [-0.39, 0.29) is 18.3 Å². The maximum absolute atomic E-state index is 5.88. The Kier molecular flexibility index (Phi) is 2.76. The fraction of sp³-hybridized carbons (Fsp3) is 0.700. The van der Waals surface area contributed by atoms with Gasteiger partial charge in [-0.2, -0.15) is 0 Å². The topological polar surface area (TPSA) is 40.6 Å². The number of hydrogen-bond acceptors (Lipinski definition) is 5. The molecule has 88 valence electrons. The number of rotatable bonds is 2. The summed E-state index contributed by atoms with van der Waals surface area (Å²) in [5.41, 5.74) is -0.646. The standard InChI is InChI=1S/C10H16BNO3S/c1-9(2)10(3,4)15-11(14-9)8-12-6-7(13-5)16-8/h6H,1-5H3. The molecule has 1 fully saturated rings. The zero-order valence-electron chi connectivity index (χ0n) is 10.2. The van der Waals surface area contributed by atoms with Gasteiger partial charge in [0, 0.05) is 0 Å². The fourth-order valence-corrected chi connectivity index (χ4v) is 2.11. The lowest BCUT2D eigenvalue weighted by molar-refractivity contribution is 0.00578. The van der Waals surface area contributed by atoms with E-state index in [0.29, 0.717) is 0 Å². The average molecular weight is 241 g/mol. The van der Waals surface area contributed by atoms with E-state index in [4.69, 9.17) is 14.0 Å². The molecule has 4 nitrogen and oxygen atoms in total. The Hall–Kier alpha value is -0.585. The summed E-state index contributed by atoms with van der Waals surface area (Å²) in [4.78, 5) is 5.05. The number of aromatic nitrogens is 1. The molecule has 6 heteroatoms. The van der Waals surface area contributed by atoms with Crippen LogP contribution in [0.25, 0.3) is 0 Å². The van der Waals surface area contributed by atoms with Crippen molar-refractivity contribution in [3.8, 4) is 5.06 Å². The van der Waals surface area contributed by atoms with Crippen molar-refractivity contribution in [1.29, 1.82) is 0 Å². The van der Waals surface area contributed by atoms with Gasteiger partial charge in [-0.1, -0.05) is 11.3 Å². The SMILES string of the molecule is COc1cnc(B2OC(C)(C)C(C)(C)O2)s1. The van der Waals surface area contributed by atoms with Gasteiger partial charge >= 0.3 is 7.12 Å². The third-order valence-electron chi connectivity index (χ3n) is 3.16. The zero-order chi connectivity index (χ0) is 12.0. The van der Waals surface area contributed by atoms with Gasteiger partial charge in [0.1, 0.15) is 4.91 Å². The number of nitrogens with zero attached hydrogens (tertiary/aromatic N) is 1. The molecule has 0 bridgehead atoms. The maximum Gasteiger partial charge on any atom is 0.525 e. The van der Waals surface area contributed by atoms with Gasteiger partial charge in [-0.05, 0) is 27.7 Å². The molecule has 1 aromatic heterocycles. The summed E-state index contributed by atoms with van der Waals surface area (Å²) in [5.74, 6) is 0. The third kappa shape index (κ3) is 1.85. The number of thiazole rings is 1. The molecule has 2 heterocycles. The highest BCUT2D eigenvalue weighted by Crippen LogP contribution is 2.36. The van der Waals surface area contributed by atoms with Crippen molar-refractivity contribution in [3.05, 3.63) is 6.20 Å². The van der Waals surface area contributed by atoms with Gasteiger partial charge in [0.05, 0.1) is 24.5 Å². The van der Waals surface area contributed by atoms with Crippen LogP contribution in [-0.4, -0.2) is 30.4 Å². The van der Waals surface area contributed by atoms with E-state index >= 15 is 0 Å². The number of hydrogen-bond donors (Lipinski definition) is 0. The lowest BCUT2D eigenvalue weighted by Crippen LogP contribution is -2.41.